The van der Waals surface area contributed by atoms with E-state index >= 15 is 0 Å². The number of rotatable bonds is 2. The second kappa shape index (κ2) is 4.32. The Labute approximate surface area is 96.5 Å². The fraction of sp³-hybridized carbons (Fsp3) is 0.100. The van der Waals surface area contributed by atoms with Crippen molar-refractivity contribution in [3.8, 4) is 0 Å². The van der Waals surface area contributed by atoms with Gasteiger partial charge in [-0.2, -0.15) is 0 Å². The van der Waals surface area contributed by atoms with E-state index in [1.54, 1.807) is 13.0 Å². The van der Waals surface area contributed by atoms with Crippen LogP contribution in [0.1, 0.15) is 16.1 Å². The van der Waals surface area contributed by atoms with Crippen molar-refractivity contribution in [2.45, 2.75) is 6.92 Å². The maximum absolute atomic E-state index is 11.7. The van der Waals surface area contributed by atoms with Gasteiger partial charge in [0.2, 0.25) is 0 Å². The maximum Gasteiger partial charge on any atom is 0.260 e. The van der Waals surface area contributed by atoms with Gasteiger partial charge in [0.25, 0.3) is 5.91 Å². The molecule has 0 bridgehead atoms. The molecule has 0 aromatic carbocycles. The van der Waals surface area contributed by atoms with Crippen LogP contribution in [0.5, 0.6) is 0 Å². The van der Waals surface area contributed by atoms with Gasteiger partial charge in [0.05, 0.1) is 24.2 Å². The van der Waals surface area contributed by atoms with Gasteiger partial charge in [0, 0.05) is 0 Å². The highest BCUT2D eigenvalue weighted by Gasteiger charge is 2.11. The Bertz CT molecular complexity index is 507. The van der Waals surface area contributed by atoms with Gasteiger partial charge < -0.3 is 9.73 Å². The highest BCUT2D eigenvalue weighted by Crippen LogP contribution is 2.11. The fourth-order valence-corrected chi connectivity index (χ4v) is 1.28. The van der Waals surface area contributed by atoms with E-state index in [1.165, 1.54) is 18.7 Å². The summed E-state index contributed by atoms with van der Waals surface area (Å²) in [5, 5.41) is 2.86. The maximum atomic E-state index is 11.7. The number of carbonyl (C=O) groups is 1. The van der Waals surface area contributed by atoms with Crippen molar-refractivity contribution in [1.82, 2.24) is 9.97 Å². The third kappa shape index (κ3) is 2.20. The Morgan fingerprint density at radius 3 is 2.81 bits per heavy atom. The van der Waals surface area contributed by atoms with Crippen molar-refractivity contribution >= 4 is 23.3 Å². The summed E-state index contributed by atoms with van der Waals surface area (Å²) < 4.78 is 5.02. The summed E-state index contributed by atoms with van der Waals surface area (Å²) in [6.07, 6.45) is 4.20. The molecule has 2 rings (SSSR count). The normalized spacial score (nSPS) is 10.1. The standard InChI is InChI=1S/C10H8ClN3O2/c1-6-7(2-3-16-6)10(15)14-9-5-12-8(11)4-13-9/h2-5H,1H3,(H,13,14,15). The topological polar surface area (TPSA) is 68.0 Å². The average Bonchev–Trinajstić information content (AvgIpc) is 2.68. The molecule has 0 unspecified atom stereocenters. The minimum atomic E-state index is -0.289. The van der Waals surface area contributed by atoms with E-state index in [1.807, 2.05) is 0 Å². The number of halogens is 1. The monoisotopic (exact) mass is 237 g/mol. The lowest BCUT2D eigenvalue weighted by Gasteiger charge is -2.02. The molecule has 1 N–H and O–H groups in total. The summed E-state index contributed by atoms with van der Waals surface area (Å²) in [6.45, 7) is 1.71. The van der Waals surface area contributed by atoms with Crippen molar-refractivity contribution in [2.24, 2.45) is 0 Å². The zero-order chi connectivity index (χ0) is 11.5. The molecular weight excluding hydrogens is 230 g/mol. The molecule has 2 heterocycles. The van der Waals surface area contributed by atoms with E-state index in [4.69, 9.17) is 16.0 Å². The number of hydrogen-bond acceptors (Lipinski definition) is 4. The molecule has 6 heteroatoms. The van der Waals surface area contributed by atoms with Crippen LogP contribution in [0.15, 0.2) is 29.1 Å². The van der Waals surface area contributed by atoms with Gasteiger partial charge in [0.1, 0.15) is 10.9 Å². The molecule has 0 aliphatic heterocycles. The van der Waals surface area contributed by atoms with E-state index in [0.717, 1.165) is 0 Å². The molecule has 0 saturated carbocycles. The first-order valence-corrected chi connectivity index (χ1v) is 4.87. The Kier molecular flexibility index (Phi) is 2.87. The quantitative estimate of drug-likeness (QED) is 0.870. The van der Waals surface area contributed by atoms with E-state index < -0.39 is 0 Å². The predicted octanol–water partition coefficient (Wildman–Crippen LogP) is 2.28. The Morgan fingerprint density at radius 1 is 1.44 bits per heavy atom. The molecule has 16 heavy (non-hydrogen) atoms. The first-order chi connectivity index (χ1) is 7.66. The Morgan fingerprint density at radius 2 is 2.25 bits per heavy atom. The third-order valence-corrected chi connectivity index (χ3v) is 2.16. The fourth-order valence-electron chi connectivity index (χ4n) is 1.18. The smallest absolute Gasteiger partial charge is 0.260 e. The lowest BCUT2D eigenvalue weighted by molar-refractivity contribution is 0.102. The number of furan rings is 1. The van der Waals surface area contributed by atoms with Gasteiger partial charge in [-0.05, 0) is 13.0 Å². The van der Waals surface area contributed by atoms with Crippen molar-refractivity contribution in [2.75, 3.05) is 5.32 Å². The Hall–Kier alpha value is -1.88. The molecule has 0 fully saturated rings. The zero-order valence-corrected chi connectivity index (χ0v) is 9.15. The number of carbonyl (C=O) groups excluding carboxylic acids is 1. The van der Waals surface area contributed by atoms with Gasteiger partial charge in [-0.25, -0.2) is 9.97 Å². The first kappa shape index (κ1) is 10.6. The number of nitrogens with zero attached hydrogens (tertiary/aromatic N) is 2. The number of nitrogens with one attached hydrogen (secondary N) is 1. The highest BCUT2D eigenvalue weighted by atomic mass is 35.5. The van der Waals surface area contributed by atoms with Crippen molar-refractivity contribution in [1.29, 1.82) is 0 Å². The summed E-state index contributed by atoms with van der Waals surface area (Å²) in [4.78, 5) is 19.4. The Balaban J connectivity index is 2.14. The number of amides is 1. The molecule has 5 nitrogen and oxygen atoms in total. The van der Waals surface area contributed by atoms with Crippen LogP contribution in [0.3, 0.4) is 0 Å². The molecule has 2 aromatic rings. The van der Waals surface area contributed by atoms with Gasteiger partial charge in [-0.3, -0.25) is 4.79 Å². The highest BCUT2D eigenvalue weighted by molar-refractivity contribution is 6.29. The molecule has 0 aliphatic carbocycles. The summed E-state index contributed by atoms with van der Waals surface area (Å²) in [7, 11) is 0. The number of hydrogen-bond donors (Lipinski definition) is 1. The van der Waals surface area contributed by atoms with Crippen molar-refractivity contribution in [3.63, 3.8) is 0 Å². The minimum absolute atomic E-state index is 0.275. The first-order valence-electron chi connectivity index (χ1n) is 4.50. The van der Waals surface area contributed by atoms with E-state index in [9.17, 15) is 4.79 Å². The number of aryl methyl sites for hydroxylation is 1. The van der Waals surface area contributed by atoms with Crippen LogP contribution in [0.4, 0.5) is 5.82 Å². The van der Waals surface area contributed by atoms with Crippen molar-refractivity contribution in [3.05, 3.63) is 41.2 Å². The average molecular weight is 238 g/mol. The molecule has 1 amide bonds. The van der Waals surface area contributed by atoms with E-state index in [-0.39, 0.29) is 11.1 Å². The number of anilines is 1. The van der Waals surface area contributed by atoms with Gasteiger partial charge >= 0.3 is 0 Å². The molecule has 0 radical (unpaired) electrons. The molecule has 0 spiro atoms. The van der Waals surface area contributed by atoms with Crippen LogP contribution in [-0.2, 0) is 0 Å². The minimum Gasteiger partial charge on any atom is -0.469 e. The third-order valence-electron chi connectivity index (χ3n) is 1.97. The molecule has 82 valence electrons. The lowest BCUT2D eigenvalue weighted by Crippen LogP contribution is -2.13. The van der Waals surface area contributed by atoms with Gasteiger partial charge in [-0.15, -0.1) is 0 Å². The zero-order valence-electron chi connectivity index (χ0n) is 8.40. The second-order valence-electron chi connectivity index (χ2n) is 3.07. The van der Waals surface area contributed by atoms with Crippen molar-refractivity contribution < 1.29 is 9.21 Å². The van der Waals surface area contributed by atoms with E-state index in [0.29, 0.717) is 17.1 Å². The summed E-state index contributed by atoms with van der Waals surface area (Å²) in [5.74, 6) is 0.609. The molecule has 0 aliphatic rings. The summed E-state index contributed by atoms with van der Waals surface area (Å²) in [6, 6.07) is 1.59. The van der Waals surface area contributed by atoms with E-state index in [2.05, 4.69) is 15.3 Å². The SMILES string of the molecule is Cc1occc1C(=O)Nc1cnc(Cl)cn1. The van der Waals surface area contributed by atoms with Gasteiger partial charge in [0.15, 0.2) is 5.82 Å². The molecule has 0 saturated heterocycles. The van der Waals surface area contributed by atoms with Crippen LogP contribution >= 0.6 is 11.6 Å². The second-order valence-corrected chi connectivity index (χ2v) is 3.46. The molecule has 0 atom stereocenters. The number of aromatic nitrogens is 2. The van der Waals surface area contributed by atoms with Crippen LogP contribution in [0.25, 0.3) is 0 Å². The van der Waals surface area contributed by atoms with Crippen LogP contribution in [0, 0.1) is 6.92 Å². The van der Waals surface area contributed by atoms with Gasteiger partial charge in [-0.1, -0.05) is 11.6 Å². The molecular formula is C10H8ClN3O2. The van der Waals surface area contributed by atoms with Crippen LogP contribution in [0.2, 0.25) is 5.15 Å². The summed E-state index contributed by atoms with van der Waals surface area (Å²) in [5.41, 5.74) is 0.469. The van der Waals surface area contributed by atoms with Crippen LogP contribution < -0.4 is 5.32 Å². The van der Waals surface area contributed by atoms with Crippen LogP contribution in [-0.4, -0.2) is 15.9 Å². The lowest BCUT2D eigenvalue weighted by atomic mass is 10.2. The molecule has 2 aromatic heterocycles. The summed E-state index contributed by atoms with van der Waals surface area (Å²) >= 11 is 5.57. The predicted molar refractivity (Wildman–Crippen MR) is 58.4 cm³/mol. The largest absolute Gasteiger partial charge is 0.469 e.